The lowest BCUT2D eigenvalue weighted by Gasteiger charge is -2.34. The van der Waals surface area contributed by atoms with Crippen LogP contribution in [0.15, 0.2) is 30.3 Å². The number of rotatable bonds is 3. The highest BCUT2D eigenvalue weighted by Gasteiger charge is 2.46. The van der Waals surface area contributed by atoms with Crippen LogP contribution in [0.3, 0.4) is 0 Å². The largest absolute Gasteiger partial charge is 0.395 e. The molecule has 0 radical (unpaired) electrons. The van der Waals surface area contributed by atoms with Crippen molar-refractivity contribution >= 4 is 28.0 Å². The Morgan fingerprint density at radius 2 is 2.00 bits per heavy atom. The van der Waals surface area contributed by atoms with E-state index in [1.54, 1.807) is 0 Å². The third kappa shape index (κ3) is 1.95. The molecule has 0 saturated heterocycles. The van der Waals surface area contributed by atoms with E-state index in [1.165, 1.54) is 0 Å². The number of carbonyl (C=O) groups excluding carboxylic acids is 2. The molecule has 114 valence electrons. The number of hydrogen-bond acceptors (Lipinski definition) is 5. The van der Waals surface area contributed by atoms with Gasteiger partial charge in [0.25, 0.3) is 5.91 Å². The number of benzene rings is 1. The first-order valence-electron chi connectivity index (χ1n) is 6.93. The number of nitrogen functional groups attached to an aromatic ring is 1. The van der Waals surface area contributed by atoms with Crippen molar-refractivity contribution in [2.24, 2.45) is 5.73 Å². The van der Waals surface area contributed by atoms with Gasteiger partial charge in [-0.25, -0.2) is 0 Å². The van der Waals surface area contributed by atoms with Crippen LogP contribution in [0.2, 0.25) is 0 Å². The summed E-state index contributed by atoms with van der Waals surface area (Å²) in [6.45, 7) is -0.279. The minimum absolute atomic E-state index is 0.188. The second kappa shape index (κ2) is 5.23. The fraction of sp³-hybridized carbons (Fsp3) is 0.250. The molecule has 6 heteroatoms. The van der Waals surface area contributed by atoms with E-state index in [-0.39, 0.29) is 23.0 Å². The fourth-order valence-electron chi connectivity index (χ4n) is 3.12. The molecule has 0 aliphatic heterocycles. The minimum atomic E-state index is -0.972. The van der Waals surface area contributed by atoms with Crippen LogP contribution in [-0.4, -0.2) is 23.4 Å². The summed E-state index contributed by atoms with van der Waals surface area (Å²) in [5, 5.41) is 10.2. The van der Waals surface area contributed by atoms with Crippen molar-refractivity contribution < 1.29 is 14.7 Å². The lowest BCUT2D eigenvalue weighted by molar-refractivity contribution is 0.0773. The Morgan fingerprint density at radius 1 is 1.32 bits per heavy atom. The normalized spacial score (nSPS) is 20.7. The van der Waals surface area contributed by atoms with Gasteiger partial charge in [-0.05, 0) is 24.0 Å². The highest BCUT2D eigenvalue weighted by molar-refractivity contribution is 7.18. The van der Waals surface area contributed by atoms with Crippen molar-refractivity contribution in [1.82, 2.24) is 0 Å². The van der Waals surface area contributed by atoms with Gasteiger partial charge in [0.15, 0.2) is 5.78 Å². The highest BCUT2D eigenvalue weighted by atomic mass is 32.1. The van der Waals surface area contributed by atoms with Crippen LogP contribution >= 0.6 is 11.3 Å². The molecule has 5 N–H and O–H groups in total. The van der Waals surface area contributed by atoms with E-state index < -0.39 is 11.3 Å². The standard InChI is InChI=1S/C16H16N2O3S/c17-14(21)11-10-6-7-16(8-19,9-4-2-1-3-5-9)13(20)12(10)22-15(11)18/h1-5,19H,6-8,18H2,(H2,17,21)/t16-/m0/s1. The fourth-order valence-corrected chi connectivity index (χ4v) is 4.28. The van der Waals surface area contributed by atoms with Gasteiger partial charge in [-0.1, -0.05) is 30.3 Å². The molecule has 0 unspecified atom stereocenters. The lowest BCUT2D eigenvalue weighted by atomic mass is 9.69. The van der Waals surface area contributed by atoms with Crippen molar-refractivity contribution in [3.05, 3.63) is 51.9 Å². The molecule has 2 aromatic rings. The molecule has 1 atom stereocenters. The molecular weight excluding hydrogens is 300 g/mol. The number of ketones is 1. The number of aliphatic hydroxyl groups excluding tert-OH is 1. The highest BCUT2D eigenvalue weighted by Crippen LogP contribution is 2.44. The monoisotopic (exact) mass is 316 g/mol. The summed E-state index contributed by atoms with van der Waals surface area (Å²) in [5.74, 6) is -0.800. The molecule has 1 aliphatic carbocycles. The van der Waals surface area contributed by atoms with Gasteiger partial charge in [0.1, 0.15) is 0 Å². The van der Waals surface area contributed by atoms with Crippen LogP contribution in [0.5, 0.6) is 0 Å². The molecule has 22 heavy (non-hydrogen) atoms. The van der Waals surface area contributed by atoms with E-state index in [9.17, 15) is 14.7 Å². The molecule has 1 amide bonds. The van der Waals surface area contributed by atoms with Gasteiger partial charge in [0, 0.05) is 0 Å². The average Bonchev–Trinajstić information content (AvgIpc) is 2.86. The average molecular weight is 316 g/mol. The summed E-state index contributed by atoms with van der Waals surface area (Å²) < 4.78 is 0. The number of primary amides is 1. The summed E-state index contributed by atoms with van der Waals surface area (Å²) in [7, 11) is 0. The first-order chi connectivity index (χ1) is 10.5. The molecule has 1 aromatic heterocycles. The van der Waals surface area contributed by atoms with Crippen LogP contribution in [0, 0.1) is 0 Å². The van der Waals surface area contributed by atoms with Gasteiger partial charge >= 0.3 is 0 Å². The Kier molecular flexibility index (Phi) is 3.50. The van der Waals surface area contributed by atoms with Gasteiger partial charge in [-0.3, -0.25) is 9.59 Å². The number of fused-ring (bicyclic) bond motifs is 1. The summed E-state index contributed by atoms with van der Waals surface area (Å²) >= 11 is 1.08. The second-order valence-electron chi connectivity index (χ2n) is 5.45. The second-order valence-corrected chi connectivity index (χ2v) is 6.50. The number of carbonyl (C=O) groups is 2. The Balaban J connectivity index is 2.15. The maximum Gasteiger partial charge on any atom is 0.251 e. The zero-order chi connectivity index (χ0) is 15.9. The Labute approximate surface area is 131 Å². The van der Waals surface area contributed by atoms with E-state index >= 15 is 0 Å². The number of nitrogens with two attached hydrogens (primary N) is 2. The van der Waals surface area contributed by atoms with Gasteiger partial charge in [-0.2, -0.15) is 0 Å². The van der Waals surface area contributed by atoms with Crippen molar-refractivity contribution in [3.8, 4) is 0 Å². The van der Waals surface area contributed by atoms with Gasteiger partial charge in [-0.15, -0.1) is 11.3 Å². The van der Waals surface area contributed by atoms with E-state index in [1.807, 2.05) is 30.3 Å². The van der Waals surface area contributed by atoms with Crippen LogP contribution in [0.1, 0.15) is 37.6 Å². The number of thiophene rings is 1. The summed E-state index contributed by atoms with van der Waals surface area (Å²) in [6.07, 6.45) is 0.915. The van der Waals surface area contributed by atoms with Crippen LogP contribution in [0.25, 0.3) is 0 Å². The predicted molar refractivity (Wildman–Crippen MR) is 85.1 cm³/mol. The third-order valence-corrected chi connectivity index (χ3v) is 5.38. The zero-order valence-corrected chi connectivity index (χ0v) is 12.7. The summed E-state index contributed by atoms with van der Waals surface area (Å²) in [4.78, 5) is 25.0. The number of amides is 1. The van der Waals surface area contributed by atoms with E-state index in [0.29, 0.717) is 23.3 Å². The maximum absolute atomic E-state index is 13.0. The molecule has 1 aromatic carbocycles. The molecule has 3 rings (SSSR count). The summed E-state index contributed by atoms with van der Waals surface area (Å²) in [6, 6.07) is 9.22. The maximum atomic E-state index is 13.0. The third-order valence-electron chi connectivity index (χ3n) is 4.32. The number of anilines is 1. The van der Waals surface area contributed by atoms with E-state index in [0.717, 1.165) is 16.9 Å². The van der Waals surface area contributed by atoms with Crippen molar-refractivity contribution in [1.29, 1.82) is 0 Å². The number of Topliss-reactive ketones (excluding diaryl/α,β-unsaturated/α-hetero) is 1. The molecule has 0 bridgehead atoms. The quantitative estimate of drug-likeness (QED) is 0.797. The van der Waals surface area contributed by atoms with Crippen molar-refractivity contribution in [2.75, 3.05) is 12.3 Å². The van der Waals surface area contributed by atoms with Gasteiger partial charge in [0.2, 0.25) is 0 Å². The topological polar surface area (TPSA) is 106 Å². The van der Waals surface area contributed by atoms with Crippen LogP contribution in [-0.2, 0) is 11.8 Å². The number of hydrogen-bond donors (Lipinski definition) is 3. The van der Waals surface area contributed by atoms with Gasteiger partial charge < -0.3 is 16.6 Å². The van der Waals surface area contributed by atoms with Crippen molar-refractivity contribution in [3.63, 3.8) is 0 Å². The van der Waals surface area contributed by atoms with Crippen molar-refractivity contribution in [2.45, 2.75) is 18.3 Å². The zero-order valence-electron chi connectivity index (χ0n) is 11.8. The minimum Gasteiger partial charge on any atom is -0.395 e. The predicted octanol–water partition coefficient (Wildman–Crippen LogP) is 1.49. The van der Waals surface area contributed by atoms with E-state index in [2.05, 4.69) is 0 Å². The Bertz CT molecular complexity index is 754. The molecular formula is C16H16N2O3S. The summed E-state index contributed by atoms with van der Waals surface area (Å²) in [5.41, 5.74) is 11.9. The molecule has 1 aliphatic rings. The molecule has 0 fully saturated rings. The first kappa shape index (κ1) is 14.7. The molecule has 1 heterocycles. The van der Waals surface area contributed by atoms with Crippen LogP contribution < -0.4 is 11.5 Å². The molecule has 0 saturated carbocycles. The van der Waals surface area contributed by atoms with Gasteiger partial charge in [0.05, 0.1) is 27.5 Å². The molecule has 0 spiro atoms. The molecule has 5 nitrogen and oxygen atoms in total. The first-order valence-corrected chi connectivity index (χ1v) is 7.75. The SMILES string of the molecule is NC(=O)c1c(N)sc2c1CC[C@](CO)(c1ccccc1)C2=O. The van der Waals surface area contributed by atoms with Crippen LogP contribution in [0.4, 0.5) is 5.00 Å². The Hall–Kier alpha value is -2.18. The number of aliphatic hydroxyl groups is 1. The lowest BCUT2D eigenvalue weighted by Crippen LogP contribution is -2.43. The smallest absolute Gasteiger partial charge is 0.251 e. The van der Waals surface area contributed by atoms with E-state index in [4.69, 9.17) is 11.5 Å². The Morgan fingerprint density at radius 3 is 2.59 bits per heavy atom.